The van der Waals surface area contributed by atoms with Crippen molar-refractivity contribution in [3.63, 3.8) is 0 Å². The molecule has 6 heteroatoms. The SMILES string of the molecule is NNC(c1ccc(Cl)s1)c1ccnn1-c1ccccc1. The fraction of sp³-hybridized carbons (Fsp3) is 0.0714. The van der Waals surface area contributed by atoms with Crippen molar-refractivity contribution >= 4 is 22.9 Å². The van der Waals surface area contributed by atoms with Crippen molar-refractivity contribution in [3.05, 3.63) is 69.6 Å². The third kappa shape index (κ3) is 2.48. The Morgan fingerprint density at radius 2 is 1.95 bits per heavy atom. The molecule has 0 aliphatic carbocycles. The molecular formula is C14H13ClN4S. The van der Waals surface area contributed by atoms with Crippen LogP contribution in [0.4, 0.5) is 0 Å². The van der Waals surface area contributed by atoms with Gasteiger partial charge in [0.25, 0.3) is 0 Å². The van der Waals surface area contributed by atoms with Crippen molar-refractivity contribution in [2.45, 2.75) is 6.04 Å². The van der Waals surface area contributed by atoms with Crippen LogP contribution in [0.25, 0.3) is 5.69 Å². The van der Waals surface area contributed by atoms with Gasteiger partial charge in [-0.2, -0.15) is 5.10 Å². The third-order valence-corrected chi connectivity index (χ3v) is 4.31. The minimum absolute atomic E-state index is 0.143. The average Bonchev–Trinajstić information content (AvgIpc) is 3.11. The number of nitrogens with two attached hydrogens (primary N) is 1. The lowest BCUT2D eigenvalue weighted by molar-refractivity contribution is 0.605. The molecule has 2 heterocycles. The summed E-state index contributed by atoms with van der Waals surface area (Å²) in [6.07, 6.45) is 1.77. The van der Waals surface area contributed by atoms with Gasteiger partial charge in [0.15, 0.2) is 0 Å². The van der Waals surface area contributed by atoms with Crippen LogP contribution in [0.15, 0.2) is 54.7 Å². The maximum absolute atomic E-state index is 6.01. The number of aromatic nitrogens is 2. The maximum Gasteiger partial charge on any atom is 0.0975 e. The van der Waals surface area contributed by atoms with Crippen molar-refractivity contribution in [2.24, 2.45) is 5.84 Å². The largest absolute Gasteiger partial charge is 0.270 e. The minimum atomic E-state index is -0.143. The summed E-state index contributed by atoms with van der Waals surface area (Å²) in [7, 11) is 0. The average molecular weight is 305 g/mol. The summed E-state index contributed by atoms with van der Waals surface area (Å²) in [5.74, 6) is 5.72. The van der Waals surface area contributed by atoms with Gasteiger partial charge in [-0.3, -0.25) is 5.84 Å². The van der Waals surface area contributed by atoms with E-state index in [1.54, 1.807) is 6.20 Å². The molecule has 0 bridgehead atoms. The normalized spacial score (nSPS) is 12.5. The van der Waals surface area contributed by atoms with E-state index < -0.39 is 0 Å². The van der Waals surface area contributed by atoms with Crippen molar-refractivity contribution in [3.8, 4) is 5.69 Å². The number of benzene rings is 1. The molecule has 0 spiro atoms. The lowest BCUT2D eigenvalue weighted by Crippen LogP contribution is -2.29. The predicted octanol–water partition coefficient (Wildman–Crippen LogP) is 3.14. The van der Waals surface area contributed by atoms with Crippen LogP contribution < -0.4 is 11.3 Å². The Morgan fingerprint density at radius 3 is 2.60 bits per heavy atom. The van der Waals surface area contributed by atoms with E-state index in [4.69, 9.17) is 17.4 Å². The highest BCUT2D eigenvalue weighted by atomic mass is 35.5. The van der Waals surface area contributed by atoms with Crippen LogP contribution in [0.2, 0.25) is 4.34 Å². The van der Waals surface area contributed by atoms with Gasteiger partial charge in [0.05, 0.1) is 21.8 Å². The van der Waals surface area contributed by atoms with Crippen molar-refractivity contribution in [1.82, 2.24) is 15.2 Å². The smallest absolute Gasteiger partial charge is 0.0975 e. The van der Waals surface area contributed by atoms with Crippen molar-refractivity contribution < 1.29 is 0 Å². The van der Waals surface area contributed by atoms with E-state index in [1.165, 1.54) is 11.3 Å². The molecule has 0 aliphatic heterocycles. The summed E-state index contributed by atoms with van der Waals surface area (Å²) in [5.41, 5.74) is 4.80. The molecule has 0 radical (unpaired) electrons. The molecule has 20 heavy (non-hydrogen) atoms. The number of halogens is 1. The Kier molecular flexibility index (Phi) is 3.84. The van der Waals surface area contributed by atoms with E-state index in [-0.39, 0.29) is 6.04 Å². The van der Waals surface area contributed by atoms with Gasteiger partial charge in [0.1, 0.15) is 0 Å². The molecule has 2 aromatic heterocycles. The third-order valence-electron chi connectivity index (χ3n) is 3.01. The quantitative estimate of drug-likeness (QED) is 0.575. The van der Waals surface area contributed by atoms with Crippen LogP contribution >= 0.6 is 22.9 Å². The summed E-state index contributed by atoms with van der Waals surface area (Å²) in [5, 5.41) is 4.38. The van der Waals surface area contributed by atoms with Crippen molar-refractivity contribution in [2.75, 3.05) is 0 Å². The van der Waals surface area contributed by atoms with Crippen LogP contribution in [0, 0.1) is 0 Å². The molecule has 1 unspecified atom stereocenters. The second-order valence-corrected chi connectivity index (χ2v) is 5.99. The summed E-state index contributed by atoms with van der Waals surface area (Å²) in [4.78, 5) is 1.05. The highest BCUT2D eigenvalue weighted by Gasteiger charge is 2.19. The molecule has 102 valence electrons. The fourth-order valence-corrected chi connectivity index (χ4v) is 3.25. The number of hydrogen-bond acceptors (Lipinski definition) is 4. The summed E-state index contributed by atoms with van der Waals surface area (Å²) in [6, 6.07) is 15.6. The molecule has 1 atom stereocenters. The lowest BCUT2D eigenvalue weighted by Gasteiger charge is -2.16. The number of para-hydroxylation sites is 1. The highest BCUT2D eigenvalue weighted by Crippen LogP contribution is 2.31. The first-order valence-electron chi connectivity index (χ1n) is 6.10. The second-order valence-electron chi connectivity index (χ2n) is 4.24. The molecule has 0 saturated heterocycles. The predicted molar refractivity (Wildman–Crippen MR) is 82.1 cm³/mol. The van der Waals surface area contributed by atoms with Gasteiger partial charge in [-0.15, -0.1) is 11.3 Å². The number of nitrogens with one attached hydrogen (secondary N) is 1. The van der Waals surface area contributed by atoms with E-state index in [9.17, 15) is 0 Å². The molecule has 0 amide bonds. The monoisotopic (exact) mass is 304 g/mol. The van der Waals surface area contributed by atoms with Gasteiger partial charge in [-0.1, -0.05) is 29.8 Å². The van der Waals surface area contributed by atoms with Crippen molar-refractivity contribution in [1.29, 1.82) is 0 Å². The van der Waals surface area contributed by atoms with Crippen LogP contribution in [0.3, 0.4) is 0 Å². The lowest BCUT2D eigenvalue weighted by atomic mass is 10.1. The second kappa shape index (κ2) is 5.76. The molecule has 3 N–H and O–H groups in total. The fourth-order valence-electron chi connectivity index (χ4n) is 2.11. The first-order chi connectivity index (χ1) is 9.79. The van der Waals surface area contributed by atoms with E-state index >= 15 is 0 Å². The molecule has 3 rings (SSSR count). The Morgan fingerprint density at radius 1 is 1.15 bits per heavy atom. The summed E-state index contributed by atoms with van der Waals surface area (Å²) < 4.78 is 2.61. The first kappa shape index (κ1) is 13.3. The molecule has 4 nitrogen and oxygen atoms in total. The molecular weight excluding hydrogens is 292 g/mol. The Balaban J connectivity index is 2.04. The van der Waals surface area contributed by atoms with Gasteiger partial charge >= 0.3 is 0 Å². The maximum atomic E-state index is 6.01. The van der Waals surface area contributed by atoms with Crippen LogP contribution in [0.1, 0.15) is 16.6 Å². The number of thiophene rings is 1. The number of hydrogen-bond donors (Lipinski definition) is 2. The minimum Gasteiger partial charge on any atom is -0.270 e. The Bertz CT molecular complexity index is 692. The first-order valence-corrected chi connectivity index (χ1v) is 7.30. The van der Waals surface area contributed by atoms with Gasteiger partial charge in [0.2, 0.25) is 0 Å². The topological polar surface area (TPSA) is 55.9 Å². The van der Waals surface area contributed by atoms with Gasteiger partial charge in [0, 0.05) is 11.1 Å². The molecule has 1 aromatic carbocycles. The van der Waals surface area contributed by atoms with E-state index in [0.29, 0.717) is 0 Å². The molecule has 0 aliphatic rings. The number of nitrogens with zero attached hydrogens (tertiary/aromatic N) is 2. The van der Waals surface area contributed by atoms with E-state index in [0.717, 1.165) is 20.6 Å². The number of hydrazine groups is 1. The van der Waals surface area contributed by atoms with Gasteiger partial charge in [-0.25, -0.2) is 10.1 Å². The number of rotatable bonds is 4. The standard InChI is InChI=1S/C14H13ClN4S/c15-13-7-6-12(20-13)14(18-16)11-8-9-17-19(11)10-4-2-1-3-5-10/h1-9,14,18H,16H2. The molecule has 0 fully saturated rings. The molecule has 3 aromatic rings. The Labute approximate surface area is 125 Å². The van der Waals surface area contributed by atoms with E-state index in [2.05, 4.69) is 10.5 Å². The molecule has 0 saturated carbocycles. The zero-order valence-electron chi connectivity index (χ0n) is 10.5. The zero-order chi connectivity index (χ0) is 13.9. The van der Waals surface area contributed by atoms with Gasteiger partial charge in [-0.05, 0) is 30.3 Å². The van der Waals surface area contributed by atoms with Crippen LogP contribution in [-0.4, -0.2) is 9.78 Å². The summed E-state index contributed by atoms with van der Waals surface area (Å²) in [6.45, 7) is 0. The zero-order valence-corrected chi connectivity index (χ0v) is 12.1. The van der Waals surface area contributed by atoms with Gasteiger partial charge < -0.3 is 0 Å². The van der Waals surface area contributed by atoms with E-state index in [1.807, 2.05) is 53.2 Å². The van der Waals surface area contributed by atoms with Crippen LogP contribution in [0.5, 0.6) is 0 Å². The summed E-state index contributed by atoms with van der Waals surface area (Å²) >= 11 is 7.51. The highest BCUT2D eigenvalue weighted by molar-refractivity contribution is 7.16. The van der Waals surface area contributed by atoms with Crippen LogP contribution in [-0.2, 0) is 0 Å². The Hall–Kier alpha value is -1.66.